The molecule has 2 atom stereocenters. The number of hydrogen-bond donors (Lipinski definition) is 0. The molecule has 0 N–H and O–H groups in total. The van der Waals surface area contributed by atoms with Crippen molar-refractivity contribution < 1.29 is 23.8 Å². The van der Waals surface area contributed by atoms with Crippen LogP contribution in [0.4, 0.5) is 5.69 Å². The van der Waals surface area contributed by atoms with E-state index in [0.29, 0.717) is 43.4 Å². The maximum Gasteiger partial charge on any atom is 0.228 e. The topological polar surface area (TPSA) is 68.3 Å². The van der Waals surface area contributed by atoms with Crippen molar-refractivity contribution in [2.75, 3.05) is 45.4 Å². The molecule has 7 heteroatoms. The summed E-state index contributed by atoms with van der Waals surface area (Å²) in [5, 5.41) is 0. The molecule has 1 aromatic rings. The van der Waals surface area contributed by atoms with E-state index < -0.39 is 0 Å². The summed E-state index contributed by atoms with van der Waals surface area (Å²) in [6.07, 6.45) is 0.245. The second kappa shape index (κ2) is 7.31. The Bertz CT molecular complexity index is 663. The molecule has 3 rings (SSSR count). The number of methoxy groups -OCH3 is 2. The highest BCUT2D eigenvalue weighted by Crippen LogP contribution is 2.36. The first-order valence-corrected chi connectivity index (χ1v) is 8.46. The molecule has 0 spiro atoms. The molecule has 2 heterocycles. The Morgan fingerprint density at radius 1 is 1.24 bits per heavy atom. The van der Waals surface area contributed by atoms with Crippen LogP contribution < -0.4 is 14.4 Å². The molecular weight excluding hydrogens is 324 g/mol. The van der Waals surface area contributed by atoms with Crippen LogP contribution in [0.1, 0.15) is 13.3 Å². The number of amides is 2. The molecule has 2 saturated heterocycles. The van der Waals surface area contributed by atoms with E-state index in [4.69, 9.17) is 14.2 Å². The van der Waals surface area contributed by atoms with Crippen molar-refractivity contribution in [2.24, 2.45) is 5.92 Å². The van der Waals surface area contributed by atoms with Gasteiger partial charge in [-0.2, -0.15) is 0 Å². The largest absolute Gasteiger partial charge is 0.497 e. The first kappa shape index (κ1) is 17.5. The number of anilines is 1. The Morgan fingerprint density at radius 3 is 2.72 bits per heavy atom. The second-order valence-corrected chi connectivity index (χ2v) is 6.41. The monoisotopic (exact) mass is 348 g/mol. The van der Waals surface area contributed by atoms with Crippen LogP contribution >= 0.6 is 0 Å². The van der Waals surface area contributed by atoms with Gasteiger partial charge in [0.25, 0.3) is 0 Å². The second-order valence-electron chi connectivity index (χ2n) is 6.41. The number of hydrogen-bond acceptors (Lipinski definition) is 5. The van der Waals surface area contributed by atoms with Gasteiger partial charge in [0.1, 0.15) is 11.5 Å². The number of morpholine rings is 1. The molecule has 0 aromatic heterocycles. The highest BCUT2D eigenvalue weighted by Gasteiger charge is 2.39. The summed E-state index contributed by atoms with van der Waals surface area (Å²) in [6, 6.07) is 5.31. The standard InChI is InChI=1S/C18H24N2O5/c1-12-10-19(6-7-25-12)18(22)13-8-17(21)20(11-13)15-9-14(23-2)4-5-16(15)24-3/h4-5,9,12-13H,6-8,10-11H2,1-3H3/t12-,13+/m0/s1. The number of carbonyl (C=O) groups excluding carboxylic acids is 2. The van der Waals surface area contributed by atoms with Crippen molar-refractivity contribution in [2.45, 2.75) is 19.4 Å². The van der Waals surface area contributed by atoms with Crippen LogP contribution in [0.25, 0.3) is 0 Å². The molecule has 2 fully saturated rings. The van der Waals surface area contributed by atoms with Crippen LogP contribution in [-0.4, -0.2) is 63.3 Å². The van der Waals surface area contributed by atoms with Gasteiger partial charge >= 0.3 is 0 Å². The summed E-state index contributed by atoms with van der Waals surface area (Å²) in [7, 11) is 3.13. The third-order valence-electron chi connectivity index (χ3n) is 4.70. The Hall–Kier alpha value is -2.28. The van der Waals surface area contributed by atoms with Gasteiger partial charge in [-0.15, -0.1) is 0 Å². The van der Waals surface area contributed by atoms with Crippen LogP contribution in [-0.2, 0) is 14.3 Å². The minimum Gasteiger partial charge on any atom is -0.497 e. The van der Waals surface area contributed by atoms with Crippen molar-refractivity contribution in [3.8, 4) is 11.5 Å². The third-order valence-corrected chi connectivity index (χ3v) is 4.70. The third kappa shape index (κ3) is 3.56. The van der Waals surface area contributed by atoms with Crippen LogP contribution in [0, 0.1) is 5.92 Å². The Labute approximate surface area is 147 Å². The van der Waals surface area contributed by atoms with Gasteiger partial charge in [0.2, 0.25) is 11.8 Å². The molecule has 1 aromatic carbocycles. The number of carbonyl (C=O) groups is 2. The summed E-state index contributed by atoms with van der Waals surface area (Å²) in [5.41, 5.74) is 0.637. The Morgan fingerprint density at radius 2 is 2.04 bits per heavy atom. The summed E-state index contributed by atoms with van der Waals surface area (Å²) in [6.45, 7) is 4.00. The van der Waals surface area contributed by atoms with Gasteiger partial charge in [-0.1, -0.05) is 0 Å². The first-order valence-electron chi connectivity index (χ1n) is 8.46. The molecule has 0 unspecified atom stereocenters. The van der Waals surface area contributed by atoms with E-state index in [-0.39, 0.29) is 30.3 Å². The predicted molar refractivity (Wildman–Crippen MR) is 92.0 cm³/mol. The summed E-state index contributed by atoms with van der Waals surface area (Å²) in [4.78, 5) is 28.7. The Balaban J connectivity index is 1.77. The zero-order valence-corrected chi connectivity index (χ0v) is 14.9. The fraction of sp³-hybridized carbons (Fsp3) is 0.556. The quantitative estimate of drug-likeness (QED) is 0.820. The zero-order chi connectivity index (χ0) is 18.0. The highest BCUT2D eigenvalue weighted by atomic mass is 16.5. The average Bonchev–Trinajstić information content (AvgIpc) is 3.02. The van der Waals surface area contributed by atoms with Crippen molar-refractivity contribution in [3.63, 3.8) is 0 Å². The van der Waals surface area contributed by atoms with E-state index in [0.717, 1.165) is 0 Å². The fourth-order valence-corrected chi connectivity index (χ4v) is 3.39. The minimum atomic E-state index is -0.339. The summed E-state index contributed by atoms with van der Waals surface area (Å²) >= 11 is 0. The van der Waals surface area contributed by atoms with E-state index in [2.05, 4.69) is 0 Å². The molecule has 2 aliphatic rings. The maximum absolute atomic E-state index is 12.8. The van der Waals surface area contributed by atoms with Crippen molar-refractivity contribution in [1.82, 2.24) is 4.90 Å². The first-order chi connectivity index (χ1) is 12.0. The fourth-order valence-electron chi connectivity index (χ4n) is 3.39. The molecule has 2 aliphatic heterocycles. The van der Waals surface area contributed by atoms with E-state index >= 15 is 0 Å². The molecule has 2 amide bonds. The smallest absolute Gasteiger partial charge is 0.228 e. The van der Waals surface area contributed by atoms with Crippen molar-refractivity contribution >= 4 is 17.5 Å². The normalized spacial score (nSPS) is 23.7. The highest BCUT2D eigenvalue weighted by molar-refractivity contribution is 6.01. The molecule has 136 valence electrons. The van der Waals surface area contributed by atoms with Gasteiger partial charge in [-0.05, 0) is 19.1 Å². The van der Waals surface area contributed by atoms with Gasteiger partial charge < -0.3 is 24.0 Å². The molecule has 0 bridgehead atoms. The zero-order valence-electron chi connectivity index (χ0n) is 14.9. The van der Waals surface area contributed by atoms with Crippen molar-refractivity contribution in [1.29, 1.82) is 0 Å². The van der Waals surface area contributed by atoms with Crippen LogP contribution in [0.3, 0.4) is 0 Å². The average molecular weight is 348 g/mol. The lowest BCUT2D eigenvalue weighted by Crippen LogP contribution is -2.47. The van der Waals surface area contributed by atoms with E-state index in [1.54, 1.807) is 42.2 Å². The number of rotatable bonds is 4. The maximum atomic E-state index is 12.8. The molecule has 0 radical (unpaired) electrons. The molecule has 0 saturated carbocycles. The van der Waals surface area contributed by atoms with Gasteiger partial charge in [0.05, 0.1) is 38.5 Å². The van der Waals surface area contributed by atoms with Crippen molar-refractivity contribution in [3.05, 3.63) is 18.2 Å². The van der Waals surface area contributed by atoms with Crippen LogP contribution in [0.5, 0.6) is 11.5 Å². The van der Waals surface area contributed by atoms with E-state index in [1.807, 2.05) is 6.92 Å². The molecule has 7 nitrogen and oxygen atoms in total. The Kier molecular flexibility index (Phi) is 5.13. The lowest BCUT2D eigenvalue weighted by molar-refractivity contribution is -0.142. The van der Waals surface area contributed by atoms with Gasteiger partial charge in [0, 0.05) is 32.1 Å². The molecule has 25 heavy (non-hydrogen) atoms. The molecular formula is C18H24N2O5. The van der Waals surface area contributed by atoms with E-state index in [1.165, 1.54) is 0 Å². The minimum absolute atomic E-state index is 0.0212. The predicted octanol–water partition coefficient (Wildman–Crippen LogP) is 1.30. The van der Waals surface area contributed by atoms with Gasteiger partial charge in [0.15, 0.2) is 0 Å². The number of ether oxygens (including phenoxy) is 3. The summed E-state index contributed by atoms with van der Waals surface area (Å²) in [5.74, 6) is 0.829. The van der Waals surface area contributed by atoms with Gasteiger partial charge in [-0.25, -0.2) is 0 Å². The SMILES string of the molecule is COc1ccc(OC)c(N2C[C@H](C(=O)N3CCO[C@@H](C)C3)CC2=O)c1. The number of benzene rings is 1. The lowest BCUT2D eigenvalue weighted by Gasteiger charge is -2.32. The van der Waals surface area contributed by atoms with Crippen LogP contribution in [0.2, 0.25) is 0 Å². The van der Waals surface area contributed by atoms with Gasteiger partial charge in [-0.3, -0.25) is 9.59 Å². The molecule has 0 aliphatic carbocycles. The van der Waals surface area contributed by atoms with E-state index in [9.17, 15) is 9.59 Å². The summed E-state index contributed by atoms with van der Waals surface area (Å²) < 4.78 is 16.1. The number of nitrogens with zero attached hydrogens (tertiary/aromatic N) is 2. The van der Waals surface area contributed by atoms with Crippen LogP contribution in [0.15, 0.2) is 18.2 Å². The lowest BCUT2D eigenvalue weighted by atomic mass is 10.1.